The Morgan fingerprint density at radius 1 is 1.31 bits per heavy atom. The molecule has 1 heterocycles. The summed E-state index contributed by atoms with van der Waals surface area (Å²) in [5, 5.41) is 1.79. The van der Waals surface area contributed by atoms with Gasteiger partial charge in [-0.25, -0.2) is 26.0 Å². The number of aromatic nitrogens is 1. The van der Waals surface area contributed by atoms with Crippen LogP contribution in [0.5, 0.6) is 0 Å². The predicted octanol–water partition coefficient (Wildman–Crippen LogP) is 4.42. The van der Waals surface area contributed by atoms with Crippen LogP contribution in [0.1, 0.15) is 29.8 Å². The number of benzene rings is 1. The fourth-order valence-electron chi connectivity index (χ4n) is 3.34. The molecule has 158 valence electrons. The molecule has 1 aromatic carbocycles. The van der Waals surface area contributed by atoms with Crippen LogP contribution in [0, 0.1) is 17.6 Å². The predicted molar refractivity (Wildman–Crippen MR) is 99.1 cm³/mol. The van der Waals surface area contributed by atoms with Crippen molar-refractivity contribution in [2.75, 3.05) is 11.1 Å². The van der Waals surface area contributed by atoms with Crippen LogP contribution in [0.15, 0.2) is 29.3 Å². The molecule has 11 heteroatoms. The SMILES string of the molecule is Cn1cc(S(=O)(=O)CC2CCC(F)(F)C2)cc1C(=O)Nc1cc(F)c(F)c(Cl)c1. The molecule has 0 spiro atoms. The molecular formula is C18H17ClF4N2O3S. The van der Waals surface area contributed by atoms with Gasteiger partial charge in [-0.1, -0.05) is 11.6 Å². The van der Waals surface area contributed by atoms with Crippen LogP contribution in [0.25, 0.3) is 0 Å². The number of hydrogen-bond donors (Lipinski definition) is 1. The number of carbonyl (C=O) groups is 1. The van der Waals surface area contributed by atoms with Gasteiger partial charge in [0.1, 0.15) is 5.69 Å². The average Bonchev–Trinajstić information content (AvgIpc) is 3.14. The normalized spacial score (nSPS) is 18.8. The number of sulfone groups is 1. The molecule has 0 aliphatic heterocycles. The van der Waals surface area contributed by atoms with Crippen molar-refractivity contribution in [3.05, 3.63) is 46.7 Å². The highest BCUT2D eigenvalue weighted by atomic mass is 35.5. The number of aryl methyl sites for hydroxylation is 1. The highest BCUT2D eigenvalue weighted by Crippen LogP contribution is 2.40. The molecular weight excluding hydrogens is 436 g/mol. The van der Waals surface area contributed by atoms with Crippen molar-refractivity contribution in [1.29, 1.82) is 0 Å². The first-order valence-corrected chi connectivity index (χ1v) is 10.6. The van der Waals surface area contributed by atoms with Crippen molar-refractivity contribution in [1.82, 2.24) is 4.57 Å². The molecule has 1 aliphatic rings. The standard InChI is InChI=1S/C18H17ClF4N2O3S/c1-25-8-12(29(27,28)9-10-2-3-18(22,23)7-10)6-15(25)17(26)24-11-4-13(19)16(21)14(20)5-11/h4-6,8,10H,2-3,7,9H2,1H3,(H,24,26). The fraction of sp³-hybridized carbons (Fsp3) is 0.389. The Labute approximate surface area is 169 Å². The molecule has 1 atom stereocenters. The van der Waals surface area contributed by atoms with Crippen molar-refractivity contribution in [2.24, 2.45) is 13.0 Å². The second-order valence-electron chi connectivity index (χ2n) is 7.13. The molecule has 0 bridgehead atoms. The van der Waals surface area contributed by atoms with Gasteiger partial charge in [0.15, 0.2) is 21.5 Å². The average molecular weight is 453 g/mol. The molecule has 1 unspecified atom stereocenters. The molecule has 0 radical (unpaired) electrons. The number of rotatable bonds is 5. The van der Waals surface area contributed by atoms with Crippen molar-refractivity contribution in [2.45, 2.75) is 30.1 Å². The summed E-state index contributed by atoms with van der Waals surface area (Å²) in [4.78, 5) is 12.3. The Bertz CT molecular complexity index is 1050. The van der Waals surface area contributed by atoms with Crippen LogP contribution in [0.2, 0.25) is 5.02 Å². The maximum Gasteiger partial charge on any atom is 0.272 e. The number of nitrogens with one attached hydrogen (secondary N) is 1. The van der Waals surface area contributed by atoms with Crippen LogP contribution >= 0.6 is 11.6 Å². The van der Waals surface area contributed by atoms with E-state index >= 15 is 0 Å². The van der Waals surface area contributed by atoms with Gasteiger partial charge in [0.05, 0.1) is 15.7 Å². The minimum atomic E-state index is -3.89. The van der Waals surface area contributed by atoms with Gasteiger partial charge in [-0.2, -0.15) is 0 Å². The van der Waals surface area contributed by atoms with Gasteiger partial charge < -0.3 is 9.88 Å². The van der Waals surface area contributed by atoms with E-state index in [2.05, 4.69) is 5.32 Å². The van der Waals surface area contributed by atoms with E-state index in [9.17, 15) is 30.8 Å². The number of anilines is 1. The molecule has 3 rings (SSSR count). The van der Waals surface area contributed by atoms with Gasteiger partial charge in [0.2, 0.25) is 5.92 Å². The number of halogens is 5. The molecule has 29 heavy (non-hydrogen) atoms. The van der Waals surface area contributed by atoms with Crippen molar-refractivity contribution in [3.8, 4) is 0 Å². The highest BCUT2D eigenvalue weighted by molar-refractivity contribution is 7.91. The van der Waals surface area contributed by atoms with Crippen LogP contribution in [0.4, 0.5) is 23.2 Å². The quantitative estimate of drug-likeness (QED) is 0.539. The Balaban J connectivity index is 1.78. The highest BCUT2D eigenvalue weighted by Gasteiger charge is 2.41. The fourth-order valence-corrected chi connectivity index (χ4v) is 5.26. The number of amides is 1. The lowest BCUT2D eigenvalue weighted by molar-refractivity contribution is 0.00591. The van der Waals surface area contributed by atoms with Crippen LogP contribution in [0.3, 0.4) is 0 Å². The Kier molecular flexibility index (Phi) is 5.70. The summed E-state index contributed by atoms with van der Waals surface area (Å²) in [5.74, 6) is -7.23. The van der Waals surface area contributed by atoms with Crippen molar-refractivity contribution in [3.63, 3.8) is 0 Å². The zero-order valence-corrected chi connectivity index (χ0v) is 16.8. The van der Waals surface area contributed by atoms with E-state index in [-0.39, 0.29) is 29.1 Å². The first-order valence-electron chi connectivity index (χ1n) is 8.61. The van der Waals surface area contributed by atoms with Crippen molar-refractivity contribution < 1.29 is 30.8 Å². The van der Waals surface area contributed by atoms with Gasteiger partial charge in [-0.15, -0.1) is 0 Å². The number of carbonyl (C=O) groups excluding carboxylic acids is 1. The monoisotopic (exact) mass is 452 g/mol. The van der Waals surface area contributed by atoms with Gasteiger partial charge in [-0.05, 0) is 24.5 Å². The lowest BCUT2D eigenvalue weighted by atomic mass is 10.1. The Morgan fingerprint density at radius 2 is 2.00 bits per heavy atom. The third kappa shape index (κ3) is 4.75. The van der Waals surface area contributed by atoms with E-state index in [1.54, 1.807) is 0 Å². The van der Waals surface area contributed by atoms with Crippen LogP contribution in [-0.4, -0.2) is 30.6 Å². The second kappa shape index (κ2) is 7.64. The van der Waals surface area contributed by atoms with Crippen LogP contribution < -0.4 is 5.32 Å². The van der Waals surface area contributed by atoms with Gasteiger partial charge in [-0.3, -0.25) is 4.79 Å². The third-order valence-corrected chi connectivity index (χ3v) is 6.90. The lowest BCUT2D eigenvalue weighted by Crippen LogP contribution is -2.17. The first kappa shape index (κ1) is 21.6. The summed E-state index contributed by atoms with van der Waals surface area (Å²) in [5.41, 5.74) is -0.182. The number of hydrogen-bond acceptors (Lipinski definition) is 3. The molecule has 2 aromatic rings. The van der Waals surface area contributed by atoms with E-state index < -0.39 is 56.4 Å². The summed E-state index contributed by atoms with van der Waals surface area (Å²) in [7, 11) is -2.46. The topological polar surface area (TPSA) is 68.2 Å². The zero-order chi connectivity index (χ0) is 21.6. The summed E-state index contributed by atoms with van der Waals surface area (Å²) in [6, 6.07) is 2.86. The minimum Gasteiger partial charge on any atom is -0.345 e. The number of alkyl halides is 2. The molecule has 1 N–H and O–H groups in total. The third-order valence-electron chi connectivity index (χ3n) is 4.77. The molecule has 5 nitrogen and oxygen atoms in total. The van der Waals surface area contributed by atoms with E-state index in [0.29, 0.717) is 0 Å². The molecule has 1 aromatic heterocycles. The lowest BCUT2D eigenvalue weighted by Gasteiger charge is -2.10. The Hall–Kier alpha value is -2.07. The summed E-state index contributed by atoms with van der Waals surface area (Å²) < 4.78 is 79.7. The van der Waals surface area contributed by atoms with E-state index in [1.807, 2.05) is 0 Å². The van der Waals surface area contributed by atoms with E-state index in [0.717, 1.165) is 18.2 Å². The van der Waals surface area contributed by atoms with Gasteiger partial charge in [0.25, 0.3) is 5.91 Å². The maximum absolute atomic E-state index is 13.4. The molecule has 1 aliphatic carbocycles. The second-order valence-corrected chi connectivity index (χ2v) is 9.57. The minimum absolute atomic E-state index is 0.0683. The smallest absolute Gasteiger partial charge is 0.272 e. The van der Waals surface area contributed by atoms with E-state index in [1.165, 1.54) is 17.8 Å². The Morgan fingerprint density at radius 3 is 2.59 bits per heavy atom. The summed E-state index contributed by atoms with van der Waals surface area (Å²) >= 11 is 5.54. The maximum atomic E-state index is 13.4. The molecule has 0 saturated heterocycles. The van der Waals surface area contributed by atoms with Gasteiger partial charge in [0, 0.05) is 37.8 Å². The van der Waals surface area contributed by atoms with Crippen LogP contribution in [-0.2, 0) is 16.9 Å². The summed E-state index contributed by atoms with van der Waals surface area (Å²) in [6.07, 6.45) is 0.495. The molecule has 1 amide bonds. The van der Waals surface area contributed by atoms with Crippen molar-refractivity contribution >= 4 is 33.0 Å². The summed E-state index contributed by atoms with van der Waals surface area (Å²) in [6.45, 7) is 0. The first-order chi connectivity index (χ1) is 13.4. The molecule has 1 saturated carbocycles. The number of nitrogens with zero attached hydrogens (tertiary/aromatic N) is 1. The van der Waals surface area contributed by atoms with Gasteiger partial charge >= 0.3 is 0 Å². The zero-order valence-electron chi connectivity index (χ0n) is 15.2. The largest absolute Gasteiger partial charge is 0.345 e. The molecule has 1 fully saturated rings. The van der Waals surface area contributed by atoms with E-state index in [4.69, 9.17) is 11.6 Å².